The van der Waals surface area contributed by atoms with Crippen LogP contribution in [0, 0.1) is 0 Å². The van der Waals surface area contributed by atoms with E-state index in [1.165, 1.54) is 0 Å². The van der Waals surface area contributed by atoms with Crippen LogP contribution in [-0.4, -0.2) is 5.01 Å². The van der Waals surface area contributed by atoms with Crippen LogP contribution < -0.4 is 0 Å². The van der Waals surface area contributed by atoms with E-state index >= 15 is 0 Å². The Hall–Kier alpha value is -0.340. The number of hydrogen-bond acceptors (Lipinski definition) is 0. The summed E-state index contributed by atoms with van der Waals surface area (Å²) >= 11 is 2.96. The fraction of sp³-hybridized carbons (Fsp3) is 0.250. The largest absolute Gasteiger partial charge is 0.220 e. The van der Waals surface area contributed by atoms with Crippen molar-refractivity contribution < 1.29 is 5.11 Å². The fourth-order valence-electron chi connectivity index (χ4n) is 0.799. The van der Waals surface area contributed by atoms with Crippen LogP contribution in [0.1, 0.15) is 5.56 Å². The Kier molecular flexibility index (Phi) is 2.90. The van der Waals surface area contributed by atoms with Gasteiger partial charge < -0.3 is 0 Å². The van der Waals surface area contributed by atoms with E-state index in [1.807, 2.05) is 30.3 Å². The quantitative estimate of drug-likeness (QED) is 0.653. The molecule has 0 N–H and O–H groups in total. The number of alkyl halides is 1. The Morgan fingerprint density at radius 1 is 1.30 bits per heavy atom. The molecule has 1 aromatic rings. The van der Waals surface area contributed by atoms with Gasteiger partial charge in [0.2, 0.25) is 0 Å². The van der Waals surface area contributed by atoms with Crippen molar-refractivity contribution in [2.45, 2.75) is 11.4 Å². The first-order valence-electron chi connectivity index (χ1n) is 3.13. The van der Waals surface area contributed by atoms with Crippen LogP contribution in [0.15, 0.2) is 30.3 Å². The Balaban J connectivity index is 2.59. The first-order chi connectivity index (χ1) is 4.79. The maximum absolute atomic E-state index is 10.6. The first kappa shape index (κ1) is 7.76. The molecule has 1 rings (SSSR count). The molecule has 0 aliphatic carbocycles. The SMILES string of the molecule is [O]C(Br)Cc1ccccc1. The molecule has 0 spiro atoms. The molecule has 0 aliphatic heterocycles. The number of halogens is 1. The Bertz CT molecular complexity index is 184. The summed E-state index contributed by atoms with van der Waals surface area (Å²) < 4.78 is 0. The smallest absolute Gasteiger partial charge is 0.151 e. The van der Waals surface area contributed by atoms with E-state index in [1.54, 1.807) is 0 Å². The number of hydrogen-bond donors (Lipinski definition) is 0. The third kappa shape index (κ3) is 2.50. The van der Waals surface area contributed by atoms with Crippen molar-refractivity contribution in [3.8, 4) is 0 Å². The van der Waals surface area contributed by atoms with E-state index in [0.29, 0.717) is 6.42 Å². The van der Waals surface area contributed by atoms with Gasteiger partial charge in [0.05, 0.1) is 0 Å². The average Bonchev–Trinajstić information content (AvgIpc) is 1.88. The van der Waals surface area contributed by atoms with Crippen molar-refractivity contribution in [3.05, 3.63) is 35.9 Å². The second-order valence-electron chi connectivity index (χ2n) is 2.10. The van der Waals surface area contributed by atoms with Crippen molar-refractivity contribution in [1.29, 1.82) is 0 Å². The summed E-state index contributed by atoms with van der Waals surface area (Å²) in [4.78, 5) is 0. The predicted molar refractivity (Wildman–Crippen MR) is 43.5 cm³/mol. The van der Waals surface area contributed by atoms with Crippen molar-refractivity contribution in [3.63, 3.8) is 0 Å². The lowest BCUT2D eigenvalue weighted by atomic mass is 10.2. The molecule has 1 nitrogen and oxygen atoms in total. The zero-order chi connectivity index (χ0) is 7.40. The first-order valence-corrected chi connectivity index (χ1v) is 4.04. The Labute approximate surface area is 68.8 Å². The van der Waals surface area contributed by atoms with E-state index in [9.17, 15) is 5.11 Å². The van der Waals surface area contributed by atoms with Gasteiger partial charge in [-0.15, -0.1) is 0 Å². The Morgan fingerprint density at radius 3 is 2.40 bits per heavy atom. The lowest BCUT2D eigenvalue weighted by Crippen LogP contribution is -1.97. The number of rotatable bonds is 2. The van der Waals surface area contributed by atoms with Gasteiger partial charge in [-0.2, -0.15) is 0 Å². The summed E-state index contributed by atoms with van der Waals surface area (Å²) in [6.07, 6.45) is 0.556. The summed E-state index contributed by atoms with van der Waals surface area (Å²) in [5, 5.41) is 9.94. The van der Waals surface area contributed by atoms with Gasteiger partial charge in [-0.3, -0.25) is 0 Å². The van der Waals surface area contributed by atoms with Gasteiger partial charge in [0, 0.05) is 6.42 Å². The van der Waals surface area contributed by atoms with Crippen molar-refractivity contribution in [2.24, 2.45) is 0 Å². The molecule has 0 aromatic heterocycles. The molecule has 1 atom stereocenters. The van der Waals surface area contributed by atoms with Gasteiger partial charge >= 0.3 is 0 Å². The molecule has 2 heteroatoms. The minimum atomic E-state index is -0.671. The predicted octanol–water partition coefficient (Wildman–Crippen LogP) is 2.38. The second kappa shape index (κ2) is 3.74. The van der Waals surface area contributed by atoms with Crippen LogP contribution in [0.25, 0.3) is 0 Å². The van der Waals surface area contributed by atoms with E-state index in [4.69, 9.17) is 0 Å². The fourth-order valence-corrected chi connectivity index (χ4v) is 1.17. The molecule has 0 fully saturated rings. The van der Waals surface area contributed by atoms with E-state index in [2.05, 4.69) is 15.9 Å². The maximum atomic E-state index is 10.6. The van der Waals surface area contributed by atoms with Gasteiger partial charge in [0.1, 0.15) is 0 Å². The summed E-state index contributed by atoms with van der Waals surface area (Å²) in [5.74, 6) is 0. The number of benzene rings is 1. The normalized spacial score (nSPS) is 13.0. The van der Waals surface area contributed by atoms with Crippen LogP contribution in [0.4, 0.5) is 0 Å². The maximum Gasteiger partial charge on any atom is 0.151 e. The zero-order valence-electron chi connectivity index (χ0n) is 5.46. The van der Waals surface area contributed by atoms with Gasteiger partial charge in [-0.1, -0.05) is 46.3 Å². The molecule has 0 heterocycles. The highest BCUT2D eigenvalue weighted by atomic mass is 79.9. The average molecular weight is 200 g/mol. The van der Waals surface area contributed by atoms with Crippen LogP contribution >= 0.6 is 15.9 Å². The van der Waals surface area contributed by atoms with Gasteiger partial charge in [0.15, 0.2) is 5.01 Å². The summed E-state index contributed by atoms with van der Waals surface area (Å²) in [6, 6.07) is 9.71. The van der Waals surface area contributed by atoms with Crippen LogP contribution in [0.5, 0.6) is 0 Å². The summed E-state index contributed by atoms with van der Waals surface area (Å²) in [7, 11) is 0. The lowest BCUT2D eigenvalue weighted by molar-refractivity contribution is 0.171. The molecule has 1 aromatic carbocycles. The van der Waals surface area contributed by atoms with E-state index < -0.39 is 5.01 Å². The molecule has 53 valence electrons. The monoisotopic (exact) mass is 199 g/mol. The third-order valence-electron chi connectivity index (χ3n) is 1.24. The molecule has 0 saturated heterocycles. The van der Waals surface area contributed by atoms with Gasteiger partial charge in [-0.05, 0) is 5.56 Å². The molecule has 10 heavy (non-hydrogen) atoms. The van der Waals surface area contributed by atoms with Crippen LogP contribution in [0.3, 0.4) is 0 Å². The van der Waals surface area contributed by atoms with E-state index in [-0.39, 0.29) is 0 Å². The van der Waals surface area contributed by atoms with Crippen molar-refractivity contribution in [2.75, 3.05) is 0 Å². The topological polar surface area (TPSA) is 19.9 Å². The standard InChI is InChI=1S/C8H8BrO/c9-8(10)6-7-4-2-1-3-5-7/h1-5,8H,6H2. The zero-order valence-corrected chi connectivity index (χ0v) is 7.04. The minimum absolute atomic E-state index is 0.556. The molecule has 1 unspecified atom stereocenters. The lowest BCUT2D eigenvalue weighted by Gasteiger charge is -1.98. The van der Waals surface area contributed by atoms with Crippen LogP contribution in [0.2, 0.25) is 0 Å². The molecule has 0 saturated carbocycles. The van der Waals surface area contributed by atoms with Crippen molar-refractivity contribution >= 4 is 15.9 Å². The van der Waals surface area contributed by atoms with E-state index in [0.717, 1.165) is 5.56 Å². The molecular weight excluding hydrogens is 192 g/mol. The minimum Gasteiger partial charge on any atom is -0.220 e. The molecule has 1 radical (unpaired) electrons. The molecule has 0 aliphatic rings. The van der Waals surface area contributed by atoms with Gasteiger partial charge in [-0.25, -0.2) is 5.11 Å². The highest BCUT2D eigenvalue weighted by Gasteiger charge is 1.99. The highest BCUT2D eigenvalue weighted by Crippen LogP contribution is 2.06. The third-order valence-corrected chi connectivity index (χ3v) is 1.56. The molecular formula is C8H8BrO. The Morgan fingerprint density at radius 2 is 1.90 bits per heavy atom. The summed E-state index contributed by atoms with van der Waals surface area (Å²) in [6.45, 7) is 0. The summed E-state index contributed by atoms with van der Waals surface area (Å²) in [5.41, 5.74) is 1.08. The van der Waals surface area contributed by atoms with Crippen molar-refractivity contribution in [1.82, 2.24) is 0 Å². The van der Waals surface area contributed by atoms with Gasteiger partial charge in [0.25, 0.3) is 0 Å². The highest BCUT2D eigenvalue weighted by molar-refractivity contribution is 9.09. The molecule has 0 amide bonds. The second-order valence-corrected chi connectivity index (χ2v) is 3.12. The molecule has 0 bridgehead atoms. The van der Waals surface area contributed by atoms with Crippen LogP contribution in [-0.2, 0) is 11.5 Å².